The van der Waals surface area contributed by atoms with Crippen molar-refractivity contribution in [3.63, 3.8) is 0 Å². The maximum atomic E-state index is 12.3. The Kier molecular flexibility index (Phi) is 5.19. The molecule has 1 unspecified atom stereocenters. The number of benzene rings is 2. The van der Waals surface area contributed by atoms with Crippen molar-refractivity contribution in [3.8, 4) is 5.75 Å². The van der Waals surface area contributed by atoms with Gasteiger partial charge in [-0.15, -0.1) is 0 Å². The van der Waals surface area contributed by atoms with Crippen LogP contribution in [0.3, 0.4) is 0 Å². The van der Waals surface area contributed by atoms with E-state index in [1.807, 2.05) is 24.3 Å². The van der Waals surface area contributed by atoms with Crippen LogP contribution in [0.4, 0.5) is 5.69 Å². The van der Waals surface area contributed by atoms with Crippen LogP contribution >= 0.6 is 15.9 Å². The zero-order valence-electron chi connectivity index (χ0n) is 15.4. The quantitative estimate of drug-likeness (QED) is 0.562. The van der Waals surface area contributed by atoms with Crippen LogP contribution in [0.5, 0.6) is 5.75 Å². The highest BCUT2D eigenvalue weighted by atomic mass is 79.9. The van der Waals surface area contributed by atoms with Crippen LogP contribution in [0.1, 0.15) is 22.3 Å². The average molecular weight is 442 g/mol. The fourth-order valence-corrected chi connectivity index (χ4v) is 3.77. The first-order valence-corrected chi connectivity index (χ1v) is 9.86. The number of amides is 2. The van der Waals surface area contributed by atoms with Crippen molar-refractivity contribution in [2.24, 2.45) is 0 Å². The summed E-state index contributed by atoms with van der Waals surface area (Å²) in [6, 6.07) is 12.9. The molecule has 2 heterocycles. The molecular formula is C21H20BrN3O3. The third-order valence-corrected chi connectivity index (χ3v) is 5.37. The number of likely N-dealkylation sites (tertiary alicyclic amines) is 1. The van der Waals surface area contributed by atoms with Crippen LogP contribution in [0.2, 0.25) is 0 Å². The maximum absolute atomic E-state index is 12.3. The molecule has 2 amide bonds. The summed E-state index contributed by atoms with van der Waals surface area (Å²) in [6.45, 7) is 1.99. The number of halogens is 1. The van der Waals surface area contributed by atoms with Crippen LogP contribution in [0.25, 0.3) is 5.57 Å². The molecule has 2 aliphatic rings. The second-order valence-corrected chi connectivity index (χ2v) is 7.91. The summed E-state index contributed by atoms with van der Waals surface area (Å²) < 4.78 is 6.80. The van der Waals surface area contributed by atoms with Crippen LogP contribution < -0.4 is 15.4 Å². The Balaban J connectivity index is 1.49. The van der Waals surface area contributed by atoms with Crippen molar-refractivity contribution in [1.82, 2.24) is 10.2 Å². The number of nitrogens with zero attached hydrogens (tertiary/aromatic N) is 1. The normalized spacial score (nSPS) is 20.8. The number of carbonyl (C=O) groups is 2. The highest BCUT2D eigenvalue weighted by Gasteiger charge is 2.27. The van der Waals surface area contributed by atoms with Gasteiger partial charge in [0.1, 0.15) is 11.9 Å². The van der Waals surface area contributed by atoms with Gasteiger partial charge in [0.2, 0.25) is 0 Å². The van der Waals surface area contributed by atoms with E-state index in [-0.39, 0.29) is 12.0 Å². The Hall–Kier alpha value is -2.64. The van der Waals surface area contributed by atoms with E-state index in [9.17, 15) is 9.59 Å². The Morgan fingerprint density at radius 2 is 1.93 bits per heavy atom. The largest absolute Gasteiger partial charge is 0.489 e. The molecule has 0 bridgehead atoms. The molecule has 1 saturated heterocycles. The van der Waals surface area contributed by atoms with E-state index < -0.39 is 5.91 Å². The molecule has 144 valence electrons. The Morgan fingerprint density at radius 3 is 2.64 bits per heavy atom. The van der Waals surface area contributed by atoms with Crippen molar-refractivity contribution in [1.29, 1.82) is 0 Å². The first kappa shape index (κ1) is 18.7. The molecule has 0 radical (unpaired) electrons. The Bertz CT molecular complexity index is 956. The van der Waals surface area contributed by atoms with Gasteiger partial charge in [-0.1, -0.05) is 15.9 Å². The number of imide groups is 1. The molecule has 2 aliphatic heterocycles. The summed E-state index contributed by atoms with van der Waals surface area (Å²) in [6.07, 6.45) is 2.88. The molecule has 2 aromatic rings. The van der Waals surface area contributed by atoms with E-state index in [1.54, 1.807) is 24.4 Å². The van der Waals surface area contributed by atoms with Gasteiger partial charge in [0.15, 0.2) is 0 Å². The van der Waals surface area contributed by atoms with E-state index in [0.29, 0.717) is 16.7 Å². The van der Waals surface area contributed by atoms with Crippen molar-refractivity contribution >= 4 is 39.0 Å². The van der Waals surface area contributed by atoms with Crippen LogP contribution in [-0.2, 0) is 4.79 Å². The Labute approximate surface area is 171 Å². The summed E-state index contributed by atoms with van der Waals surface area (Å²) in [4.78, 5) is 26.6. The zero-order chi connectivity index (χ0) is 19.7. The minimum atomic E-state index is -0.423. The summed E-state index contributed by atoms with van der Waals surface area (Å²) in [5, 5.41) is 5.50. The lowest BCUT2D eigenvalue weighted by atomic mass is 9.95. The van der Waals surface area contributed by atoms with E-state index in [4.69, 9.17) is 4.74 Å². The van der Waals surface area contributed by atoms with Gasteiger partial charge < -0.3 is 15.0 Å². The predicted octanol–water partition coefficient (Wildman–Crippen LogP) is 3.26. The predicted molar refractivity (Wildman–Crippen MR) is 111 cm³/mol. The number of rotatable bonds is 4. The third kappa shape index (κ3) is 3.95. The van der Waals surface area contributed by atoms with Crippen molar-refractivity contribution in [3.05, 3.63) is 64.3 Å². The fourth-order valence-electron chi connectivity index (χ4n) is 3.41. The second-order valence-electron chi connectivity index (χ2n) is 6.99. The lowest BCUT2D eigenvalue weighted by molar-refractivity contribution is -0.114. The molecule has 4 rings (SSSR count). The summed E-state index contributed by atoms with van der Waals surface area (Å²) in [5.74, 6) is 0.0194. The molecule has 1 fully saturated rings. The topological polar surface area (TPSA) is 70.7 Å². The Morgan fingerprint density at radius 1 is 1.14 bits per heavy atom. The number of carbonyl (C=O) groups excluding carboxylic acids is 2. The molecule has 6 nitrogen and oxygen atoms in total. The average Bonchev–Trinajstić information content (AvgIpc) is 3.07. The van der Waals surface area contributed by atoms with Crippen molar-refractivity contribution in [2.45, 2.75) is 12.5 Å². The highest BCUT2D eigenvalue weighted by Crippen LogP contribution is 2.28. The fraction of sp³-hybridized carbons (Fsp3) is 0.238. The van der Waals surface area contributed by atoms with Crippen LogP contribution in [0, 0.1) is 0 Å². The lowest BCUT2D eigenvalue weighted by Gasteiger charge is -2.18. The maximum Gasteiger partial charge on any atom is 0.260 e. The first-order chi connectivity index (χ1) is 13.5. The van der Waals surface area contributed by atoms with E-state index in [0.717, 1.165) is 35.4 Å². The molecular weight excluding hydrogens is 422 g/mol. The smallest absolute Gasteiger partial charge is 0.260 e. The molecule has 2 N–H and O–H groups in total. The molecule has 1 atom stereocenters. The van der Waals surface area contributed by atoms with Gasteiger partial charge in [0.25, 0.3) is 11.8 Å². The van der Waals surface area contributed by atoms with Gasteiger partial charge >= 0.3 is 0 Å². The van der Waals surface area contributed by atoms with Gasteiger partial charge in [-0.05, 0) is 55.9 Å². The number of anilines is 1. The SMILES string of the molecule is CN1CCC(Oc2ccc(NC=C3C(=O)NC(=O)c4ccc(Br)cc43)cc2)C1. The molecule has 0 saturated carbocycles. The van der Waals surface area contributed by atoms with Gasteiger partial charge in [-0.2, -0.15) is 0 Å². The van der Waals surface area contributed by atoms with E-state index in [2.05, 4.69) is 38.5 Å². The lowest BCUT2D eigenvalue weighted by Crippen LogP contribution is -2.36. The number of ether oxygens (including phenoxy) is 1. The van der Waals surface area contributed by atoms with Gasteiger partial charge in [-0.25, -0.2) is 0 Å². The monoisotopic (exact) mass is 441 g/mol. The van der Waals surface area contributed by atoms with Gasteiger partial charge in [0.05, 0.1) is 5.57 Å². The minimum absolute atomic E-state index is 0.226. The van der Waals surface area contributed by atoms with Gasteiger partial charge in [-0.3, -0.25) is 14.9 Å². The highest BCUT2D eigenvalue weighted by molar-refractivity contribution is 9.10. The molecule has 7 heteroatoms. The molecule has 0 aliphatic carbocycles. The number of fused-ring (bicyclic) bond motifs is 1. The molecule has 0 aromatic heterocycles. The van der Waals surface area contributed by atoms with E-state index in [1.165, 1.54) is 0 Å². The number of likely N-dealkylation sites (N-methyl/N-ethyl adjacent to an activating group) is 1. The third-order valence-electron chi connectivity index (χ3n) is 4.88. The number of hydrogen-bond acceptors (Lipinski definition) is 5. The standard InChI is InChI=1S/C21H20BrN3O3/c1-25-9-8-16(12-25)28-15-5-3-14(4-6-15)23-11-19-18-10-13(22)2-7-17(18)20(26)24-21(19)27/h2-7,10-11,16,23H,8-9,12H2,1H3,(H,24,26,27). The van der Waals surface area contributed by atoms with Crippen molar-refractivity contribution in [2.75, 3.05) is 25.5 Å². The van der Waals surface area contributed by atoms with E-state index >= 15 is 0 Å². The van der Waals surface area contributed by atoms with Crippen LogP contribution in [0.15, 0.2) is 53.1 Å². The summed E-state index contributed by atoms with van der Waals surface area (Å²) in [5.41, 5.74) is 2.30. The molecule has 2 aromatic carbocycles. The number of nitrogens with one attached hydrogen (secondary N) is 2. The summed E-state index contributed by atoms with van der Waals surface area (Å²) in [7, 11) is 2.09. The number of hydrogen-bond donors (Lipinski definition) is 2. The van der Waals surface area contributed by atoms with Crippen molar-refractivity contribution < 1.29 is 14.3 Å². The first-order valence-electron chi connectivity index (χ1n) is 9.07. The molecule has 0 spiro atoms. The zero-order valence-corrected chi connectivity index (χ0v) is 17.0. The second kappa shape index (κ2) is 7.77. The van der Waals surface area contributed by atoms with Crippen LogP contribution in [-0.4, -0.2) is 43.0 Å². The summed E-state index contributed by atoms with van der Waals surface area (Å²) >= 11 is 3.39. The molecule has 28 heavy (non-hydrogen) atoms. The minimum Gasteiger partial charge on any atom is -0.489 e. The van der Waals surface area contributed by atoms with Gasteiger partial charge in [0, 0.05) is 40.6 Å².